The van der Waals surface area contributed by atoms with Crippen LogP contribution < -0.4 is 16.4 Å². The summed E-state index contributed by atoms with van der Waals surface area (Å²) < 4.78 is 0. The number of nitrogens with zero attached hydrogens (tertiary/aromatic N) is 6. The quantitative estimate of drug-likeness (QED) is 0.222. The Hall–Kier alpha value is -3.56. The summed E-state index contributed by atoms with van der Waals surface area (Å²) in [6.45, 7) is 14.6. The predicted molar refractivity (Wildman–Crippen MR) is 178 cm³/mol. The minimum absolute atomic E-state index is 0.147. The van der Waals surface area contributed by atoms with Gasteiger partial charge in [-0.15, -0.1) is 0 Å². The number of nitriles is 1. The van der Waals surface area contributed by atoms with Crippen molar-refractivity contribution in [2.75, 3.05) is 63.4 Å². The van der Waals surface area contributed by atoms with Crippen molar-refractivity contribution in [3.8, 4) is 17.3 Å². The first kappa shape index (κ1) is 33.3. The van der Waals surface area contributed by atoms with Gasteiger partial charge < -0.3 is 26.2 Å². The zero-order chi connectivity index (χ0) is 31.3. The third kappa shape index (κ3) is 9.72. The van der Waals surface area contributed by atoms with Crippen molar-refractivity contribution < 1.29 is 4.79 Å². The number of nitrogen functional groups attached to an aromatic ring is 1. The van der Waals surface area contributed by atoms with Gasteiger partial charge in [0.05, 0.1) is 11.4 Å². The first-order valence-corrected chi connectivity index (χ1v) is 16.6. The molecular weight excluding hydrogens is 570 g/mol. The number of carbonyl (C=O) groups is 1. The fraction of sp³-hybridized carbons (Fsp3) is 0.485. The Morgan fingerprint density at radius 3 is 2.39 bits per heavy atom. The summed E-state index contributed by atoms with van der Waals surface area (Å²) in [5.74, 6) is 1.44. The van der Waals surface area contributed by atoms with E-state index >= 15 is 0 Å². The molecule has 0 saturated carbocycles. The average Bonchev–Trinajstić information content (AvgIpc) is 3.05. The summed E-state index contributed by atoms with van der Waals surface area (Å²) in [6, 6.07) is 15.5. The van der Waals surface area contributed by atoms with Crippen LogP contribution in [0.1, 0.15) is 50.6 Å². The number of rotatable bonds is 10. The van der Waals surface area contributed by atoms with Crippen LogP contribution in [0.15, 0.2) is 47.6 Å². The highest BCUT2D eigenvalue weighted by Crippen LogP contribution is 2.29. The second-order valence-corrected chi connectivity index (χ2v) is 11.9. The molecule has 44 heavy (non-hydrogen) atoms. The number of aromatic nitrogens is 3. The summed E-state index contributed by atoms with van der Waals surface area (Å²) in [5, 5.41) is 16.4. The lowest BCUT2D eigenvalue weighted by Gasteiger charge is -2.37. The van der Waals surface area contributed by atoms with Crippen LogP contribution in [0.25, 0.3) is 11.3 Å². The maximum absolute atomic E-state index is 11.3. The molecule has 0 spiro atoms. The Kier molecular flexibility index (Phi) is 12.9. The van der Waals surface area contributed by atoms with Gasteiger partial charge in [0.1, 0.15) is 17.5 Å². The number of nitrogens with two attached hydrogens (primary N) is 1. The minimum Gasteiger partial charge on any atom is -0.382 e. The molecule has 2 aliphatic rings. The summed E-state index contributed by atoms with van der Waals surface area (Å²) >= 11 is 1.45. The van der Waals surface area contributed by atoms with E-state index in [9.17, 15) is 10.1 Å². The van der Waals surface area contributed by atoms with E-state index in [1.807, 2.05) is 32.0 Å². The number of anilines is 2. The molecule has 0 atom stereocenters. The van der Waals surface area contributed by atoms with E-state index < -0.39 is 0 Å². The zero-order valence-corrected chi connectivity index (χ0v) is 27.0. The molecule has 1 amide bonds. The molecule has 11 heteroatoms. The Labute approximate surface area is 265 Å². The van der Waals surface area contributed by atoms with Gasteiger partial charge in [-0.2, -0.15) is 5.26 Å². The summed E-state index contributed by atoms with van der Waals surface area (Å²) in [7, 11) is 0. The number of nitrogens with one attached hydrogen (secondary N) is 2. The second kappa shape index (κ2) is 17.1. The molecule has 5 rings (SSSR count). The summed E-state index contributed by atoms with van der Waals surface area (Å²) in [5.41, 5.74) is 10.3. The van der Waals surface area contributed by atoms with E-state index in [-0.39, 0.29) is 17.3 Å². The zero-order valence-electron chi connectivity index (χ0n) is 26.2. The number of carbonyl (C=O) groups excluding carboxylic acids is 1. The third-order valence-corrected chi connectivity index (χ3v) is 8.73. The highest BCUT2D eigenvalue weighted by atomic mass is 32.2. The molecule has 2 aliphatic heterocycles. The van der Waals surface area contributed by atoms with Crippen LogP contribution >= 0.6 is 11.8 Å². The lowest BCUT2D eigenvalue weighted by atomic mass is 9.97. The number of piperidine rings is 1. The second-order valence-electron chi connectivity index (χ2n) is 11.0. The van der Waals surface area contributed by atoms with Gasteiger partial charge in [0.15, 0.2) is 5.16 Å². The number of hydrogen-bond acceptors (Lipinski definition) is 10. The van der Waals surface area contributed by atoms with Crippen molar-refractivity contribution in [3.05, 3.63) is 59.4 Å². The lowest BCUT2D eigenvalue weighted by Crippen LogP contribution is -2.49. The highest BCUT2D eigenvalue weighted by molar-refractivity contribution is 7.98. The molecule has 2 saturated heterocycles. The number of hydrogen-bond donors (Lipinski definition) is 3. The molecule has 2 aromatic heterocycles. The molecule has 1 aromatic carbocycles. The normalized spacial score (nSPS) is 16.0. The molecule has 0 radical (unpaired) electrons. The summed E-state index contributed by atoms with van der Waals surface area (Å²) in [4.78, 5) is 30.5. The van der Waals surface area contributed by atoms with Crippen LogP contribution in [-0.4, -0.2) is 83.0 Å². The predicted octanol–water partition coefficient (Wildman–Crippen LogP) is 4.43. The molecule has 3 aromatic rings. The van der Waals surface area contributed by atoms with E-state index in [1.54, 1.807) is 12.1 Å². The molecule has 2 fully saturated rings. The van der Waals surface area contributed by atoms with E-state index in [4.69, 9.17) is 10.7 Å². The first-order chi connectivity index (χ1) is 21.5. The van der Waals surface area contributed by atoms with Gasteiger partial charge in [0.2, 0.25) is 5.91 Å². The largest absolute Gasteiger partial charge is 0.382 e. The smallest absolute Gasteiger partial charge is 0.221 e. The van der Waals surface area contributed by atoms with Crippen LogP contribution in [0.4, 0.5) is 11.5 Å². The third-order valence-electron chi connectivity index (χ3n) is 7.84. The summed E-state index contributed by atoms with van der Waals surface area (Å²) in [6.07, 6.45) is 3.54. The van der Waals surface area contributed by atoms with Gasteiger partial charge in [-0.1, -0.05) is 43.8 Å². The van der Waals surface area contributed by atoms with E-state index in [2.05, 4.69) is 48.6 Å². The van der Waals surface area contributed by atoms with E-state index in [1.165, 1.54) is 51.2 Å². The molecule has 4 heterocycles. The maximum atomic E-state index is 11.3. The Balaban J connectivity index is 0.00000216. The first-order valence-electron chi connectivity index (χ1n) is 15.7. The average molecular weight is 616 g/mol. The molecule has 0 unspecified atom stereocenters. The van der Waals surface area contributed by atoms with E-state index in [0.29, 0.717) is 22.3 Å². The van der Waals surface area contributed by atoms with Gasteiger partial charge in [0.25, 0.3) is 0 Å². The van der Waals surface area contributed by atoms with Crippen molar-refractivity contribution in [1.82, 2.24) is 30.1 Å². The van der Waals surface area contributed by atoms with Crippen LogP contribution in [-0.2, 0) is 17.0 Å². The van der Waals surface area contributed by atoms with Crippen molar-refractivity contribution in [1.29, 1.82) is 5.26 Å². The van der Waals surface area contributed by atoms with Gasteiger partial charge >= 0.3 is 0 Å². The Bertz CT molecular complexity index is 1400. The minimum atomic E-state index is -0.149. The van der Waals surface area contributed by atoms with Gasteiger partial charge in [-0.05, 0) is 56.1 Å². The number of amides is 1. The van der Waals surface area contributed by atoms with Crippen LogP contribution in [0, 0.1) is 17.2 Å². The molecular formula is C33H45N9OS. The fourth-order valence-corrected chi connectivity index (χ4v) is 6.30. The molecule has 4 N–H and O–H groups in total. The molecule has 0 bridgehead atoms. The Morgan fingerprint density at radius 1 is 1.02 bits per heavy atom. The number of piperazine rings is 1. The van der Waals surface area contributed by atoms with E-state index in [0.717, 1.165) is 62.0 Å². The van der Waals surface area contributed by atoms with Gasteiger partial charge in [-0.25, -0.2) is 9.97 Å². The molecule has 234 valence electrons. The topological polar surface area (TPSA) is 136 Å². The monoisotopic (exact) mass is 615 g/mol. The van der Waals surface area contributed by atoms with Crippen LogP contribution in [0.5, 0.6) is 0 Å². The van der Waals surface area contributed by atoms with Crippen molar-refractivity contribution in [2.24, 2.45) is 5.92 Å². The maximum Gasteiger partial charge on any atom is 0.221 e. The molecule has 0 aliphatic carbocycles. The highest BCUT2D eigenvalue weighted by Gasteiger charge is 2.21. The van der Waals surface area contributed by atoms with Crippen molar-refractivity contribution >= 4 is 29.2 Å². The standard InChI is InChI=1S/C31H39N9OS.C2H6/c1-22(41)35-26-7-5-24(6-8-26)29-28(19-32)30(33)38-31(37-29)42-21-27-4-2-3-25(36-27)11-14-39-15-17-40(18-16-39)20-23-9-12-34-13-10-23;1-2/h2-8,23,34H,9-18,20-21H2,1H3,(H,35,41)(H2,33,37,38);1-2H3. The van der Waals surface area contributed by atoms with Gasteiger partial charge in [0, 0.05) is 75.3 Å². The molecule has 10 nitrogen and oxygen atoms in total. The van der Waals surface area contributed by atoms with Crippen LogP contribution in [0.2, 0.25) is 0 Å². The number of pyridine rings is 1. The van der Waals surface area contributed by atoms with Gasteiger partial charge in [-0.3, -0.25) is 9.78 Å². The lowest BCUT2D eigenvalue weighted by molar-refractivity contribution is -0.114. The Morgan fingerprint density at radius 2 is 1.70 bits per heavy atom. The van der Waals surface area contributed by atoms with Crippen molar-refractivity contribution in [2.45, 2.75) is 50.9 Å². The van der Waals surface area contributed by atoms with Crippen LogP contribution in [0.3, 0.4) is 0 Å². The fourth-order valence-electron chi connectivity index (χ4n) is 5.54. The number of thioether (sulfide) groups is 1. The van der Waals surface area contributed by atoms with Crippen molar-refractivity contribution in [3.63, 3.8) is 0 Å². The number of benzene rings is 1. The SMILES string of the molecule is CC.CC(=O)Nc1ccc(-c2nc(SCc3cccc(CCN4CCN(CC5CCNCC5)CC4)n3)nc(N)c2C#N)cc1.